The van der Waals surface area contributed by atoms with Crippen LogP contribution in [0.3, 0.4) is 0 Å². The second-order valence-electron chi connectivity index (χ2n) is 5.23. The molecule has 6 heteroatoms. The van der Waals surface area contributed by atoms with Crippen molar-refractivity contribution < 1.29 is 9.53 Å². The third kappa shape index (κ3) is 2.84. The Hall–Kier alpha value is -1.69. The molecule has 0 bridgehead atoms. The first kappa shape index (κ1) is 13.7. The Morgan fingerprint density at radius 1 is 1.42 bits per heavy atom. The van der Waals surface area contributed by atoms with Gasteiger partial charge in [0.1, 0.15) is 0 Å². The summed E-state index contributed by atoms with van der Waals surface area (Å²) < 4.78 is 5.68. The first-order chi connectivity index (χ1) is 8.92. The van der Waals surface area contributed by atoms with E-state index in [1.807, 2.05) is 30.9 Å². The van der Waals surface area contributed by atoms with Gasteiger partial charge in [0.15, 0.2) is 11.4 Å². The predicted molar refractivity (Wildman–Crippen MR) is 72.0 cm³/mol. The number of rotatable bonds is 2. The summed E-state index contributed by atoms with van der Waals surface area (Å²) in [5.41, 5.74) is 0.0537. The van der Waals surface area contributed by atoms with Crippen LogP contribution in [0.2, 0.25) is 0 Å². The normalized spacial score (nSPS) is 23.3. The van der Waals surface area contributed by atoms with E-state index in [0.29, 0.717) is 19.7 Å². The van der Waals surface area contributed by atoms with Crippen molar-refractivity contribution in [1.82, 2.24) is 15.1 Å². The van der Waals surface area contributed by atoms with E-state index in [2.05, 4.69) is 10.2 Å². The number of carbonyl (C=O) groups excluding carboxylic acids is 1. The Morgan fingerprint density at radius 3 is 2.74 bits per heavy atom. The van der Waals surface area contributed by atoms with Gasteiger partial charge in [-0.3, -0.25) is 4.79 Å². The molecular weight excluding hydrogens is 244 g/mol. The van der Waals surface area contributed by atoms with Gasteiger partial charge in [-0.25, -0.2) is 0 Å². The lowest BCUT2D eigenvalue weighted by molar-refractivity contribution is -0.155. The first-order valence-electron chi connectivity index (χ1n) is 6.33. The van der Waals surface area contributed by atoms with Crippen molar-refractivity contribution in [3.05, 3.63) is 17.8 Å². The lowest BCUT2D eigenvalue weighted by Gasteiger charge is -2.40. The second kappa shape index (κ2) is 5.13. The van der Waals surface area contributed by atoms with Gasteiger partial charge in [0, 0.05) is 20.6 Å². The molecule has 0 aliphatic carbocycles. The SMILES string of the molecule is Cc1ccc(N2CCO[C@](C)(C(=O)N(C)C)C2)nn1. The fraction of sp³-hybridized carbons (Fsp3) is 0.615. The average molecular weight is 264 g/mol. The zero-order valence-corrected chi connectivity index (χ0v) is 11.9. The minimum atomic E-state index is -0.825. The van der Waals surface area contributed by atoms with Gasteiger partial charge in [-0.15, -0.1) is 5.10 Å². The maximum absolute atomic E-state index is 12.2. The predicted octanol–water partition coefficient (Wildman–Crippen LogP) is 0.469. The standard InChI is InChI=1S/C13H20N4O2/c1-10-5-6-11(15-14-10)17-7-8-19-13(2,9-17)12(18)16(3)4/h5-6H,7-9H2,1-4H3/t13-/m0/s1. The van der Waals surface area contributed by atoms with Crippen molar-refractivity contribution >= 4 is 11.7 Å². The summed E-state index contributed by atoms with van der Waals surface area (Å²) >= 11 is 0. The molecular formula is C13H20N4O2. The molecule has 1 aromatic rings. The van der Waals surface area contributed by atoms with Crippen LogP contribution in [-0.2, 0) is 9.53 Å². The molecule has 1 aliphatic heterocycles. The third-order valence-electron chi connectivity index (χ3n) is 3.24. The van der Waals surface area contributed by atoms with E-state index in [4.69, 9.17) is 4.74 Å². The molecule has 0 radical (unpaired) electrons. The van der Waals surface area contributed by atoms with Gasteiger partial charge in [-0.2, -0.15) is 5.10 Å². The molecule has 6 nitrogen and oxygen atoms in total. The van der Waals surface area contributed by atoms with E-state index in [1.165, 1.54) is 0 Å². The van der Waals surface area contributed by atoms with Crippen LogP contribution < -0.4 is 4.90 Å². The molecule has 0 saturated carbocycles. The average Bonchev–Trinajstić information content (AvgIpc) is 2.38. The number of ether oxygens (including phenoxy) is 1. The molecule has 2 heterocycles. The minimum absolute atomic E-state index is 0.0303. The van der Waals surface area contributed by atoms with Crippen molar-refractivity contribution in [1.29, 1.82) is 0 Å². The summed E-state index contributed by atoms with van der Waals surface area (Å²) in [6.45, 7) is 5.43. The third-order valence-corrected chi connectivity index (χ3v) is 3.24. The van der Waals surface area contributed by atoms with Crippen LogP contribution in [0.5, 0.6) is 0 Å². The Bertz CT molecular complexity index is 460. The van der Waals surface area contributed by atoms with Gasteiger partial charge in [-0.1, -0.05) is 0 Å². The monoisotopic (exact) mass is 264 g/mol. The van der Waals surface area contributed by atoms with Gasteiger partial charge in [0.25, 0.3) is 5.91 Å². The number of amides is 1. The van der Waals surface area contributed by atoms with Crippen LogP contribution in [0.25, 0.3) is 0 Å². The van der Waals surface area contributed by atoms with E-state index in [1.54, 1.807) is 19.0 Å². The largest absolute Gasteiger partial charge is 0.362 e. The number of nitrogens with zero attached hydrogens (tertiary/aromatic N) is 4. The van der Waals surface area contributed by atoms with Crippen LogP contribution in [0.1, 0.15) is 12.6 Å². The Kier molecular flexibility index (Phi) is 3.71. The zero-order valence-electron chi connectivity index (χ0n) is 11.9. The highest BCUT2D eigenvalue weighted by Gasteiger charge is 2.40. The highest BCUT2D eigenvalue weighted by Crippen LogP contribution is 2.23. The van der Waals surface area contributed by atoms with Crippen molar-refractivity contribution in [3.63, 3.8) is 0 Å². The molecule has 1 atom stereocenters. The number of hydrogen-bond donors (Lipinski definition) is 0. The number of aryl methyl sites for hydroxylation is 1. The molecule has 0 aromatic carbocycles. The molecule has 104 valence electrons. The van der Waals surface area contributed by atoms with Crippen molar-refractivity contribution in [3.8, 4) is 0 Å². The Labute approximate surface area is 113 Å². The molecule has 1 fully saturated rings. The quantitative estimate of drug-likeness (QED) is 0.777. The minimum Gasteiger partial charge on any atom is -0.362 e. The smallest absolute Gasteiger partial charge is 0.255 e. The van der Waals surface area contributed by atoms with Gasteiger partial charge in [0.2, 0.25) is 0 Å². The topological polar surface area (TPSA) is 58.6 Å². The van der Waals surface area contributed by atoms with E-state index in [9.17, 15) is 4.79 Å². The molecule has 0 N–H and O–H groups in total. The molecule has 1 amide bonds. The van der Waals surface area contributed by atoms with Gasteiger partial charge in [-0.05, 0) is 26.0 Å². The van der Waals surface area contributed by atoms with Crippen molar-refractivity contribution in [2.45, 2.75) is 19.4 Å². The lowest BCUT2D eigenvalue weighted by Crippen LogP contribution is -2.58. The summed E-state index contributed by atoms with van der Waals surface area (Å²) in [5.74, 6) is 0.754. The summed E-state index contributed by atoms with van der Waals surface area (Å²) in [4.78, 5) is 15.8. The second-order valence-corrected chi connectivity index (χ2v) is 5.23. The van der Waals surface area contributed by atoms with E-state index in [0.717, 1.165) is 11.5 Å². The van der Waals surface area contributed by atoms with Gasteiger partial charge >= 0.3 is 0 Å². The number of aromatic nitrogens is 2. The molecule has 2 rings (SSSR count). The van der Waals surface area contributed by atoms with Crippen LogP contribution >= 0.6 is 0 Å². The number of likely N-dealkylation sites (N-methyl/N-ethyl adjacent to an activating group) is 1. The maximum atomic E-state index is 12.2. The van der Waals surface area contributed by atoms with E-state index in [-0.39, 0.29) is 5.91 Å². The zero-order chi connectivity index (χ0) is 14.0. The van der Waals surface area contributed by atoms with Crippen molar-refractivity contribution in [2.75, 3.05) is 38.7 Å². The highest BCUT2D eigenvalue weighted by atomic mass is 16.5. The van der Waals surface area contributed by atoms with Crippen LogP contribution in [0.4, 0.5) is 5.82 Å². The van der Waals surface area contributed by atoms with Gasteiger partial charge < -0.3 is 14.5 Å². The summed E-state index contributed by atoms with van der Waals surface area (Å²) in [6.07, 6.45) is 0. The molecule has 1 aromatic heterocycles. The highest BCUT2D eigenvalue weighted by molar-refractivity contribution is 5.85. The molecule has 19 heavy (non-hydrogen) atoms. The Balaban J connectivity index is 2.17. The number of anilines is 1. The number of carbonyl (C=O) groups is 1. The van der Waals surface area contributed by atoms with E-state index < -0.39 is 5.60 Å². The molecule has 0 unspecified atom stereocenters. The number of hydrogen-bond acceptors (Lipinski definition) is 5. The summed E-state index contributed by atoms with van der Waals surface area (Å²) in [6, 6.07) is 3.84. The fourth-order valence-corrected chi connectivity index (χ4v) is 2.23. The molecule has 1 saturated heterocycles. The van der Waals surface area contributed by atoms with Crippen LogP contribution in [0, 0.1) is 6.92 Å². The van der Waals surface area contributed by atoms with Crippen LogP contribution in [-0.4, -0.2) is 60.4 Å². The van der Waals surface area contributed by atoms with E-state index >= 15 is 0 Å². The molecule has 0 spiro atoms. The van der Waals surface area contributed by atoms with Gasteiger partial charge in [0.05, 0.1) is 18.8 Å². The Morgan fingerprint density at radius 2 is 2.16 bits per heavy atom. The lowest BCUT2D eigenvalue weighted by atomic mass is 10.0. The van der Waals surface area contributed by atoms with Crippen LogP contribution in [0.15, 0.2) is 12.1 Å². The fourth-order valence-electron chi connectivity index (χ4n) is 2.23. The summed E-state index contributed by atoms with van der Waals surface area (Å²) in [5, 5.41) is 8.22. The van der Waals surface area contributed by atoms with Crippen molar-refractivity contribution in [2.24, 2.45) is 0 Å². The number of morpholine rings is 1. The first-order valence-corrected chi connectivity index (χ1v) is 6.33. The molecule has 1 aliphatic rings. The summed E-state index contributed by atoms with van der Waals surface area (Å²) in [7, 11) is 3.48. The maximum Gasteiger partial charge on any atom is 0.255 e.